The summed E-state index contributed by atoms with van der Waals surface area (Å²) in [6, 6.07) is 7.63. The van der Waals surface area contributed by atoms with Crippen molar-refractivity contribution >= 4 is 11.7 Å². The lowest BCUT2D eigenvalue weighted by molar-refractivity contribution is -0.122. The molecule has 1 amide bonds. The number of aromatic hydroxyl groups is 2. The fourth-order valence-electron chi connectivity index (χ4n) is 5.51. The van der Waals surface area contributed by atoms with Crippen molar-refractivity contribution in [3.05, 3.63) is 82.5 Å². The molecule has 0 aliphatic carbocycles. The quantitative estimate of drug-likeness (QED) is 0.220. The van der Waals surface area contributed by atoms with E-state index in [0.29, 0.717) is 30.8 Å². The number of carbonyl (C=O) groups excluding carboxylic acids is 2. The molecule has 2 aromatic carbocycles. The number of hydrogen-bond acceptors (Lipinski definition) is 4. The van der Waals surface area contributed by atoms with Gasteiger partial charge in [-0.1, -0.05) is 132 Å². The summed E-state index contributed by atoms with van der Waals surface area (Å²) in [4.78, 5) is 26.3. The van der Waals surface area contributed by atoms with Gasteiger partial charge < -0.3 is 15.5 Å². The first-order chi connectivity index (χ1) is 20.4. The molecule has 0 saturated heterocycles. The van der Waals surface area contributed by atoms with Gasteiger partial charge in [-0.2, -0.15) is 0 Å². The molecule has 45 heavy (non-hydrogen) atoms. The number of rotatable bonds is 11. The van der Waals surface area contributed by atoms with Gasteiger partial charge in [0.15, 0.2) is 0 Å². The molecule has 0 aliphatic rings. The van der Waals surface area contributed by atoms with Crippen LogP contribution in [-0.2, 0) is 44.1 Å². The summed E-state index contributed by atoms with van der Waals surface area (Å²) in [6.45, 7) is 28.7. The molecule has 5 heteroatoms. The van der Waals surface area contributed by atoms with Crippen LogP contribution in [0.3, 0.4) is 0 Å². The summed E-state index contributed by atoms with van der Waals surface area (Å²) in [5, 5.41) is 25.1. The minimum Gasteiger partial charge on any atom is -0.507 e. The predicted octanol–water partition coefficient (Wildman–Crippen LogP) is 9.04. The first-order valence-corrected chi connectivity index (χ1v) is 16.3. The minimum absolute atomic E-state index is 0.0554. The van der Waals surface area contributed by atoms with Crippen LogP contribution in [-0.4, -0.2) is 27.9 Å². The Bertz CT molecular complexity index is 1230. The molecule has 2 aromatic rings. The summed E-state index contributed by atoms with van der Waals surface area (Å²) >= 11 is 0. The fourth-order valence-corrected chi connectivity index (χ4v) is 5.51. The van der Waals surface area contributed by atoms with Crippen LogP contribution in [0.5, 0.6) is 11.5 Å². The number of aryl methyl sites for hydroxylation is 2. The zero-order valence-corrected chi connectivity index (χ0v) is 30.1. The molecule has 0 bridgehead atoms. The number of ketones is 1. The molecule has 248 valence electrons. The van der Waals surface area contributed by atoms with E-state index in [-0.39, 0.29) is 46.2 Å². The van der Waals surface area contributed by atoms with E-state index in [4.69, 9.17) is 0 Å². The lowest BCUT2D eigenvalue weighted by Gasteiger charge is -2.28. The number of benzene rings is 2. The highest BCUT2D eigenvalue weighted by molar-refractivity contribution is 5.82. The molecule has 0 saturated carbocycles. The van der Waals surface area contributed by atoms with Gasteiger partial charge >= 0.3 is 0 Å². The number of phenolic OH excluding ortho intramolecular Hbond substituents is 2. The number of Topliss-reactive ketones (excluding diaryl/α,β-unsaturated/α-hetero) is 1. The molecule has 2 rings (SSSR count). The van der Waals surface area contributed by atoms with Crippen molar-refractivity contribution in [2.24, 2.45) is 0 Å². The first-order valence-electron chi connectivity index (χ1n) is 16.3. The molecule has 0 radical (unpaired) electrons. The third-order valence-electron chi connectivity index (χ3n) is 8.18. The van der Waals surface area contributed by atoms with Crippen LogP contribution in [0, 0.1) is 0 Å². The lowest BCUT2D eigenvalue weighted by atomic mass is 9.78. The Balaban J connectivity index is 2.17. The summed E-state index contributed by atoms with van der Waals surface area (Å²) in [7, 11) is 0. The summed E-state index contributed by atoms with van der Waals surface area (Å²) in [5.74, 6) is 0.583. The zero-order chi connectivity index (χ0) is 34.5. The van der Waals surface area contributed by atoms with Crippen molar-refractivity contribution in [2.45, 2.75) is 143 Å². The number of nitrogens with one attached hydrogen (secondary N) is 1. The SMILES string of the molecule is C=C/C=C/C(CC(=O)CCc1cc(C(C)(C)C)c(O)c(C(C)(C)C)c1)NC(=O)CCc1cc(C(C)(C)C)c(O)c(C(C)(C)C)c1. The van der Waals surface area contributed by atoms with E-state index in [1.807, 2.05) is 30.3 Å². The van der Waals surface area contributed by atoms with Gasteiger partial charge in [-0.25, -0.2) is 0 Å². The molecule has 3 N–H and O–H groups in total. The predicted molar refractivity (Wildman–Crippen MR) is 189 cm³/mol. The van der Waals surface area contributed by atoms with Crippen LogP contribution in [0.15, 0.2) is 49.1 Å². The van der Waals surface area contributed by atoms with Crippen LogP contribution in [0.25, 0.3) is 0 Å². The molecule has 0 spiro atoms. The van der Waals surface area contributed by atoms with Gasteiger partial charge in [-0.3, -0.25) is 9.59 Å². The van der Waals surface area contributed by atoms with Crippen molar-refractivity contribution in [3.8, 4) is 11.5 Å². The fraction of sp³-hybridized carbons (Fsp3) is 0.550. The second kappa shape index (κ2) is 14.4. The highest BCUT2D eigenvalue weighted by Crippen LogP contribution is 2.41. The largest absolute Gasteiger partial charge is 0.507 e. The Morgan fingerprint density at radius 1 is 0.689 bits per heavy atom. The van der Waals surface area contributed by atoms with Crippen LogP contribution in [0.2, 0.25) is 0 Å². The minimum atomic E-state index is -0.437. The first kappa shape index (κ1) is 37.8. The van der Waals surface area contributed by atoms with Crippen molar-refractivity contribution in [1.82, 2.24) is 5.32 Å². The Labute approximate surface area is 273 Å². The molecule has 0 heterocycles. The molecule has 1 unspecified atom stereocenters. The smallest absolute Gasteiger partial charge is 0.220 e. The van der Waals surface area contributed by atoms with Gasteiger partial charge in [0.2, 0.25) is 5.91 Å². The van der Waals surface area contributed by atoms with Gasteiger partial charge in [0.05, 0.1) is 6.04 Å². The molecular weight excluding hydrogens is 558 g/mol. The van der Waals surface area contributed by atoms with E-state index in [2.05, 4.69) is 95.0 Å². The van der Waals surface area contributed by atoms with E-state index in [0.717, 1.165) is 33.4 Å². The molecule has 5 nitrogen and oxygen atoms in total. The van der Waals surface area contributed by atoms with Crippen molar-refractivity contribution in [1.29, 1.82) is 0 Å². The van der Waals surface area contributed by atoms with Crippen LogP contribution in [0.1, 0.15) is 136 Å². The third kappa shape index (κ3) is 10.9. The topological polar surface area (TPSA) is 86.6 Å². The number of carbonyl (C=O) groups is 2. The summed E-state index contributed by atoms with van der Waals surface area (Å²) in [6.07, 6.45) is 7.09. The summed E-state index contributed by atoms with van der Waals surface area (Å²) in [5.41, 5.74) is 4.58. The zero-order valence-electron chi connectivity index (χ0n) is 30.1. The molecule has 0 aromatic heterocycles. The Hall–Kier alpha value is -3.34. The molecular formula is C40H59NO4. The summed E-state index contributed by atoms with van der Waals surface area (Å²) < 4.78 is 0. The van der Waals surface area contributed by atoms with E-state index in [1.165, 1.54) is 0 Å². The van der Waals surface area contributed by atoms with Gasteiger partial charge in [-0.05, 0) is 67.9 Å². The Morgan fingerprint density at radius 3 is 1.38 bits per heavy atom. The third-order valence-corrected chi connectivity index (χ3v) is 8.18. The maximum atomic E-state index is 13.2. The number of phenols is 2. The normalized spacial score (nSPS) is 13.6. The van der Waals surface area contributed by atoms with E-state index in [1.54, 1.807) is 12.2 Å². The van der Waals surface area contributed by atoms with Crippen LogP contribution < -0.4 is 5.32 Å². The maximum Gasteiger partial charge on any atom is 0.220 e. The number of hydrogen-bond donors (Lipinski definition) is 3. The molecule has 0 aliphatic heterocycles. The Kier molecular flexibility index (Phi) is 12.1. The molecule has 1 atom stereocenters. The van der Waals surface area contributed by atoms with Gasteiger partial charge in [-0.15, -0.1) is 0 Å². The Morgan fingerprint density at radius 2 is 1.04 bits per heavy atom. The van der Waals surface area contributed by atoms with Gasteiger partial charge in [0.25, 0.3) is 0 Å². The molecule has 0 fully saturated rings. The monoisotopic (exact) mass is 617 g/mol. The van der Waals surface area contributed by atoms with E-state index >= 15 is 0 Å². The average molecular weight is 618 g/mol. The van der Waals surface area contributed by atoms with Crippen molar-refractivity contribution < 1.29 is 19.8 Å². The van der Waals surface area contributed by atoms with Gasteiger partial charge in [0.1, 0.15) is 17.3 Å². The lowest BCUT2D eigenvalue weighted by Crippen LogP contribution is -2.35. The second-order valence-corrected chi connectivity index (χ2v) is 16.6. The van der Waals surface area contributed by atoms with Crippen LogP contribution >= 0.6 is 0 Å². The average Bonchev–Trinajstić information content (AvgIpc) is 2.87. The van der Waals surface area contributed by atoms with E-state index < -0.39 is 6.04 Å². The van der Waals surface area contributed by atoms with Crippen molar-refractivity contribution in [3.63, 3.8) is 0 Å². The highest BCUT2D eigenvalue weighted by atomic mass is 16.3. The van der Waals surface area contributed by atoms with E-state index in [9.17, 15) is 19.8 Å². The maximum absolute atomic E-state index is 13.2. The van der Waals surface area contributed by atoms with Crippen molar-refractivity contribution in [2.75, 3.05) is 0 Å². The van der Waals surface area contributed by atoms with Gasteiger partial charge in [0, 0.05) is 19.3 Å². The highest BCUT2D eigenvalue weighted by Gasteiger charge is 2.28. The van der Waals surface area contributed by atoms with Crippen LogP contribution in [0.4, 0.5) is 0 Å². The number of allylic oxidation sites excluding steroid dienone is 2. The standard InChI is InChI=1S/C40H59NO4/c1-14-15-16-28(25-29(42)19-17-26-21-30(37(2,3)4)35(44)31(22-26)38(5,6)7)41-34(43)20-18-27-23-32(39(8,9)10)36(45)33(24-27)40(11,12)13/h14-16,21-24,28,44-45H,1,17-20,25H2,2-13H3,(H,41,43)/b16-15+. The number of amides is 1. The second-order valence-electron chi connectivity index (χ2n) is 16.6.